The number of hydrogen-bond acceptors (Lipinski definition) is 6. The fraction of sp³-hybridized carbons (Fsp3) is 0.0952. The summed E-state index contributed by atoms with van der Waals surface area (Å²) >= 11 is 8.77. The van der Waals surface area contributed by atoms with Crippen LogP contribution < -0.4 is 5.32 Å². The minimum Gasteiger partial charge on any atom is -0.448 e. The maximum absolute atomic E-state index is 12.5. The van der Waals surface area contributed by atoms with E-state index in [1.165, 1.54) is 18.3 Å². The van der Waals surface area contributed by atoms with Crippen molar-refractivity contribution in [3.63, 3.8) is 0 Å². The number of carbonyl (C=O) groups excluding carboxylic acids is 2. The summed E-state index contributed by atoms with van der Waals surface area (Å²) in [6.45, 7) is 1.53. The zero-order valence-corrected chi connectivity index (χ0v) is 17.6. The van der Waals surface area contributed by atoms with Gasteiger partial charge in [-0.15, -0.1) is 22.7 Å². The van der Waals surface area contributed by atoms with E-state index in [4.69, 9.17) is 16.3 Å². The number of halogens is 1. The average molecular weight is 443 g/mol. The zero-order valence-electron chi connectivity index (χ0n) is 15.2. The normalized spacial score (nSPS) is 11.9. The third-order valence-electron chi connectivity index (χ3n) is 4.06. The number of hydrogen-bond donors (Lipinski definition) is 1. The lowest BCUT2D eigenvalue weighted by atomic mass is 10.3. The van der Waals surface area contributed by atoms with Crippen LogP contribution in [0, 0.1) is 0 Å². The Kier molecular flexibility index (Phi) is 5.62. The maximum atomic E-state index is 12.5. The molecule has 0 spiro atoms. The van der Waals surface area contributed by atoms with Crippen LogP contribution in [0.1, 0.15) is 16.6 Å². The predicted octanol–water partition coefficient (Wildman–Crippen LogP) is 5.86. The van der Waals surface area contributed by atoms with Crippen LogP contribution in [0.4, 0.5) is 5.69 Å². The van der Waals surface area contributed by atoms with E-state index in [9.17, 15) is 9.59 Å². The van der Waals surface area contributed by atoms with Gasteiger partial charge in [-0.2, -0.15) is 0 Å². The molecule has 2 aromatic carbocycles. The molecule has 5 nitrogen and oxygen atoms in total. The lowest BCUT2D eigenvalue weighted by Crippen LogP contribution is -2.29. The Balaban J connectivity index is 1.42. The van der Waals surface area contributed by atoms with Crippen molar-refractivity contribution in [3.05, 3.63) is 70.6 Å². The molecule has 0 saturated carbocycles. The van der Waals surface area contributed by atoms with Gasteiger partial charge in [-0.05, 0) is 49.4 Å². The summed E-state index contributed by atoms with van der Waals surface area (Å²) in [4.78, 5) is 30.6. The van der Waals surface area contributed by atoms with Crippen molar-refractivity contribution in [1.82, 2.24) is 4.98 Å². The van der Waals surface area contributed by atoms with E-state index in [-0.39, 0.29) is 0 Å². The minimum absolute atomic E-state index is 0.418. The fourth-order valence-corrected chi connectivity index (χ4v) is 4.72. The number of rotatable bonds is 5. The highest BCUT2D eigenvalue weighted by Gasteiger charge is 2.21. The first-order chi connectivity index (χ1) is 14.0. The number of ether oxygens (including phenoxy) is 1. The number of nitrogens with one attached hydrogen (secondary N) is 1. The van der Waals surface area contributed by atoms with Crippen LogP contribution in [-0.2, 0) is 9.53 Å². The first-order valence-corrected chi connectivity index (χ1v) is 10.7. The molecule has 0 aliphatic carbocycles. The molecule has 8 heteroatoms. The number of thiazole rings is 1. The highest BCUT2D eigenvalue weighted by molar-refractivity contribution is 7.26. The van der Waals surface area contributed by atoms with Crippen molar-refractivity contribution in [2.45, 2.75) is 13.0 Å². The maximum Gasteiger partial charge on any atom is 0.349 e. The van der Waals surface area contributed by atoms with Crippen LogP contribution in [0.2, 0.25) is 5.02 Å². The van der Waals surface area contributed by atoms with E-state index in [0.717, 1.165) is 20.1 Å². The molecule has 146 valence electrons. The summed E-state index contributed by atoms with van der Waals surface area (Å²) in [5, 5.41) is 4.04. The van der Waals surface area contributed by atoms with Gasteiger partial charge in [-0.3, -0.25) is 4.79 Å². The minimum atomic E-state index is -0.950. The first-order valence-electron chi connectivity index (χ1n) is 8.73. The number of amides is 1. The van der Waals surface area contributed by atoms with E-state index < -0.39 is 18.0 Å². The standard InChI is InChI=1S/C21H15ClN2O3S2/c1-12(19(25)23-14-6-4-5-13(22)11-14)27-21(26)18-10-9-17(28-18)20-24-15-7-2-3-8-16(15)29-20/h2-12H,1H3,(H,23,25)/t12-/m1/s1. The molecular formula is C21H15ClN2O3S2. The molecule has 1 N–H and O–H groups in total. The first kappa shape index (κ1) is 19.6. The van der Waals surface area contributed by atoms with Crippen LogP contribution in [0.25, 0.3) is 20.1 Å². The van der Waals surface area contributed by atoms with Gasteiger partial charge in [0, 0.05) is 10.7 Å². The highest BCUT2D eigenvalue weighted by Crippen LogP contribution is 2.34. The average Bonchev–Trinajstić information content (AvgIpc) is 3.35. The second-order valence-electron chi connectivity index (χ2n) is 6.20. The Bertz CT molecular complexity index is 1170. The smallest absolute Gasteiger partial charge is 0.349 e. The molecule has 29 heavy (non-hydrogen) atoms. The molecule has 4 rings (SSSR count). The highest BCUT2D eigenvalue weighted by atomic mass is 35.5. The molecule has 0 aliphatic rings. The molecule has 0 saturated heterocycles. The molecule has 0 radical (unpaired) electrons. The molecule has 1 atom stereocenters. The summed E-state index contributed by atoms with van der Waals surface area (Å²) < 4.78 is 6.41. The molecule has 0 bridgehead atoms. The second kappa shape index (κ2) is 8.32. The summed E-state index contributed by atoms with van der Waals surface area (Å²) in [5.41, 5.74) is 1.47. The van der Waals surface area contributed by atoms with Gasteiger partial charge < -0.3 is 10.1 Å². The second-order valence-corrected chi connectivity index (χ2v) is 8.75. The molecule has 0 fully saturated rings. The van der Waals surface area contributed by atoms with Gasteiger partial charge in [0.2, 0.25) is 0 Å². The molecule has 2 heterocycles. The zero-order chi connectivity index (χ0) is 20.4. The van der Waals surface area contributed by atoms with Gasteiger partial charge in [0.25, 0.3) is 5.91 Å². The number of para-hydroxylation sites is 1. The molecular weight excluding hydrogens is 428 g/mol. The Morgan fingerprint density at radius 1 is 1.07 bits per heavy atom. The Morgan fingerprint density at radius 2 is 1.90 bits per heavy atom. The third-order valence-corrected chi connectivity index (χ3v) is 6.56. The van der Waals surface area contributed by atoms with Crippen molar-refractivity contribution in [2.75, 3.05) is 5.32 Å². The number of carbonyl (C=O) groups is 2. The van der Waals surface area contributed by atoms with E-state index in [1.54, 1.807) is 41.7 Å². The van der Waals surface area contributed by atoms with Gasteiger partial charge in [-0.25, -0.2) is 9.78 Å². The quantitative estimate of drug-likeness (QED) is 0.393. The van der Waals surface area contributed by atoms with Gasteiger partial charge in [0.05, 0.1) is 15.1 Å². The number of aromatic nitrogens is 1. The van der Waals surface area contributed by atoms with Crippen molar-refractivity contribution >= 4 is 62.1 Å². The lowest BCUT2D eigenvalue weighted by Gasteiger charge is -2.13. The number of esters is 1. The van der Waals surface area contributed by atoms with Gasteiger partial charge in [-0.1, -0.05) is 29.8 Å². The van der Waals surface area contributed by atoms with E-state index in [0.29, 0.717) is 15.6 Å². The van der Waals surface area contributed by atoms with Crippen LogP contribution in [0.15, 0.2) is 60.7 Å². The Morgan fingerprint density at radius 3 is 2.69 bits per heavy atom. The van der Waals surface area contributed by atoms with Crippen LogP contribution in [0.3, 0.4) is 0 Å². The van der Waals surface area contributed by atoms with Gasteiger partial charge in [0.1, 0.15) is 9.88 Å². The predicted molar refractivity (Wildman–Crippen MR) is 118 cm³/mol. The number of nitrogens with zero attached hydrogens (tertiary/aromatic N) is 1. The van der Waals surface area contributed by atoms with Crippen LogP contribution in [-0.4, -0.2) is 23.0 Å². The molecule has 2 aromatic heterocycles. The summed E-state index contributed by atoms with van der Waals surface area (Å²) in [7, 11) is 0. The summed E-state index contributed by atoms with van der Waals surface area (Å²) in [6.07, 6.45) is -0.950. The lowest BCUT2D eigenvalue weighted by molar-refractivity contribution is -0.123. The van der Waals surface area contributed by atoms with Gasteiger partial charge >= 0.3 is 5.97 Å². The van der Waals surface area contributed by atoms with Crippen molar-refractivity contribution < 1.29 is 14.3 Å². The van der Waals surface area contributed by atoms with Crippen LogP contribution in [0.5, 0.6) is 0 Å². The number of thiophene rings is 1. The summed E-state index contributed by atoms with van der Waals surface area (Å²) in [5.74, 6) is -0.973. The largest absolute Gasteiger partial charge is 0.448 e. The number of anilines is 1. The van der Waals surface area contributed by atoms with Crippen molar-refractivity contribution in [2.24, 2.45) is 0 Å². The van der Waals surface area contributed by atoms with E-state index in [1.807, 2.05) is 30.3 Å². The van der Waals surface area contributed by atoms with Crippen LogP contribution >= 0.6 is 34.3 Å². The van der Waals surface area contributed by atoms with Crippen molar-refractivity contribution in [1.29, 1.82) is 0 Å². The molecule has 4 aromatic rings. The molecule has 0 unspecified atom stereocenters. The Labute approximate surface area is 179 Å². The van der Waals surface area contributed by atoms with E-state index in [2.05, 4.69) is 10.3 Å². The topological polar surface area (TPSA) is 68.3 Å². The monoisotopic (exact) mass is 442 g/mol. The van der Waals surface area contributed by atoms with Gasteiger partial charge in [0.15, 0.2) is 6.10 Å². The number of benzene rings is 2. The summed E-state index contributed by atoms with van der Waals surface area (Å²) in [6, 6.07) is 18.2. The Hall–Kier alpha value is -2.74. The third kappa shape index (κ3) is 4.48. The van der Waals surface area contributed by atoms with Crippen molar-refractivity contribution in [3.8, 4) is 9.88 Å². The number of fused-ring (bicyclic) bond motifs is 1. The molecule has 0 aliphatic heterocycles. The van der Waals surface area contributed by atoms with E-state index >= 15 is 0 Å². The molecule has 1 amide bonds. The SMILES string of the molecule is C[C@@H](OC(=O)c1ccc(-c2nc3ccccc3s2)s1)C(=O)Nc1cccc(Cl)c1. The fourth-order valence-electron chi connectivity index (χ4n) is 2.62.